The van der Waals surface area contributed by atoms with Gasteiger partial charge in [0.2, 0.25) is 5.91 Å². The van der Waals surface area contributed by atoms with E-state index in [1.165, 1.54) is 17.8 Å². The van der Waals surface area contributed by atoms with Gasteiger partial charge in [0.05, 0.1) is 17.4 Å². The molecule has 1 atom stereocenters. The number of rotatable bonds is 6. The summed E-state index contributed by atoms with van der Waals surface area (Å²) in [5, 5.41) is 12.2. The molecular formula is C19H18ClFN4OS. The standard InChI is InChI=1S/C19H18ClFN4OS/c1-12(13-7-3-5-9-15(13)20)22-17(26)11-27-19-24-23-18(25(19)2)14-8-4-6-10-16(14)21/h3-10,12H,11H2,1-2H3,(H,22,26)/t12-/m1/s1. The third kappa shape index (κ3) is 4.48. The molecule has 0 aliphatic heterocycles. The lowest BCUT2D eigenvalue weighted by Crippen LogP contribution is -2.28. The lowest BCUT2D eigenvalue weighted by atomic mass is 10.1. The molecule has 3 rings (SSSR count). The predicted octanol–water partition coefficient (Wildman–Crippen LogP) is 4.24. The number of aromatic nitrogens is 3. The summed E-state index contributed by atoms with van der Waals surface area (Å²) in [6, 6.07) is 13.6. The van der Waals surface area contributed by atoms with E-state index in [-0.39, 0.29) is 23.5 Å². The third-order valence-electron chi connectivity index (χ3n) is 4.03. The molecule has 1 heterocycles. The molecule has 0 aliphatic carbocycles. The van der Waals surface area contributed by atoms with Crippen LogP contribution in [0.4, 0.5) is 4.39 Å². The van der Waals surface area contributed by atoms with E-state index >= 15 is 0 Å². The van der Waals surface area contributed by atoms with Crippen LogP contribution >= 0.6 is 23.4 Å². The fourth-order valence-electron chi connectivity index (χ4n) is 2.63. The number of halogens is 2. The molecule has 0 saturated heterocycles. The summed E-state index contributed by atoms with van der Waals surface area (Å²) in [6.07, 6.45) is 0. The number of thioether (sulfide) groups is 1. The first-order valence-electron chi connectivity index (χ1n) is 8.28. The Balaban J connectivity index is 1.63. The van der Waals surface area contributed by atoms with Crippen molar-refractivity contribution in [3.05, 3.63) is 64.9 Å². The molecular weight excluding hydrogens is 387 g/mol. The zero-order valence-electron chi connectivity index (χ0n) is 14.8. The van der Waals surface area contributed by atoms with Crippen LogP contribution < -0.4 is 5.32 Å². The lowest BCUT2D eigenvalue weighted by molar-refractivity contribution is -0.119. The molecule has 0 unspecified atom stereocenters. The Hall–Kier alpha value is -2.38. The minimum absolute atomic E-state index is 0.150. The fraction of sp³-hybridized carbons (Fsp3) is 0.211. The minimum atomic E-state index is -0.365. The van der Waals surface area contributed by atoms with Crippen molar-refractivity contribution in [2.45, 2.75) is 18.1 Å². The highest BCUT2D eigenvalue weighted by molar-refractivity contribution is 7.99. The quantitative estimate of drug-likeness (QED) is 0.624. The third-order valence-corrected chi connectivity index (χ3v) is 5.40. The van der Waals surface area contributed by atoms with E-state index in [1.54, 1.807) is 35.9 Å². The van der Waals surface area contributed by atoms with E-state index in [0.717, 1.165) is 5.56 Å². The number of hydrogen-bond donors (Lipinski definition) is 1. The van der Waals surface area contributed by atoms with Gasteiger partial charge in [-0.2, -0.15) is 0 Å². The van der Waals surface area contributed by atoms with Crippen molar-refractivity contribution in [1.29, 1.82) is 0 Å². The van der Waals surface area contributed by atoms with Gasteiger partial charge in [-0.3, -0.25) is 4.79 Å². The van der Waals surface area contributed by atoms with Crippen molar-refractivity contribution < 1.29 is 9.18 Å². The second-order valence-electron chi connectivity index (χ2n) is 5.94. The summed E-state index contributed by atoms with van der Waals surface area (Å²) in [5.74, 6) is 0.0667. The number of nitrogens with one attached hydrogen (secondary N) is 1. The molecule has 1 amide bonds. The molecule has 0 fully saturated rings. The van der Waals surface area contributed by atoms with E-state index in [2.05, 4.69) is 15.5 Å². The molecule has 0 saturated carbocycles. The van der Waals surface area contributed by atoms with Crippen LogP contribution in [0, 0.1) is 5.82 Å². The van der Waals surface area contributed by atoms with Crippen LogP contribution in [0.25, 0.3) is 11.4 Å². The molecule has 8 heteroatoms. The van der Waals surface area contributed by atoms with Crippen LogP contribution in [-0.4, -0.2) is 26.4 Å². The van der Waals surface area contributed by atoms with E-state index in [4.69, 9.17) is 11.6 Å². The Labute approximate surface area is 166 Å². The van der Waals surface area contributed by atoms with Gasteiger partial charge in [-0.15, -0.1) is 10.2 Å². The number of nitrogens with zero attached hydrogens (tertiary/aromatic N) is 3. The molecule has 0 radical (unpaired) electrons. The zero-order valence-corrected chi connectivity index (χ0v) is 16.4. The number of carbonyl (C=O) groups excluding carboxylic acids is 1. The summed E-state index contributed by atoms with van der Waals surface area (Å²) in [6.45, 7) is 1.88. The first-order chi connectivity index (χ1) is 13.0. The molecule has 0 spiro atoms. The Morgan fingerprint density at radius 2 is 1.93 bits per heavy atom. The molecule has 1 aromatic heterocycles. The highest BCUT2D eigenvalue weighted by Gasteiger charge is 2.17. The Morgan fingerprint density at radius 1 is 1.22 bits per heavy atom. The van der Waals surface area contributed by atoms with Crippen LogP contribution in [-0.2, 0) is 11.8 Å². The smallest absolute Gasteiger partial charge is 0.230 e. The van der Waals surface area contributed by atoms with E-state index in [0.29, 0.717) is 21.6 Å². The summed E-state index contributed by atoms with van der Waals surface area (Å²) >= 11 is 7.40. The van der Waals surface area contributed by atoms with Gasteiger partial charge >= 0.3 is 0 Å². The lowest BCUT2D eigenvalue weighted by Gasteiger charge is -2.15. The molecule has 27 heavy (non-hydrogen) atoms. The number of carbonyl (C=O) groups is 1. The van der Waals surface area contributed by atoms with Gasteiger partial charge in [0.15, 0.2) is 11.0 Å². The first kappa shape index (κ1) is 19.4. The zero-order chi connectivity index (χ0) is 19.4. The number of benzene rings is 2. The second-order valence-corrected chi connectivity index (χ2v) is 7.29. The topological polar surface area (TPSA) is 59.8 Å². The predicted molar refractivity (Wildman–Crippen MR) is 105 cm³/mol. The van der Waals surface area contributed by atoms with Crippen LogP contribution in [0.1, 0.15) is 18.5 Å². The normalized spacial score (nSPS) is 12.0. The molecule has 2 aromatic carbocycles. The van der Waals surface area contributed by atoms with E-state index in [1.807, 2.05) is 25.1 Å². The maximum absolute atomic E-state index is 14.0. The van der Waals surface area contributed by atoms with Gasteiger partial charge in [0.25, 0.3) is 0 Å². The number of hydrogen-bond acceptors (Lipinski definition) is 4. The summed E-state index contributed by atoms with van der Waals surface area (Å²) in [7, 11) is 1.74. The minimum Gasteiger partial charge on any atom is -0.349 e. The van der Waals surface area contributed by atoms with Gasteiger partial charge < -0.3 is 9.88 Å². The van der Waals surface area contributed by atoms with Gasteiger partial charge in [-0.1, -0.05) is 53.7 Å². The van der Waals surface area contributed by atoms with Gasteiger partial charge in [-0.25, -0.2) is 4.39 Å². The highest BCUT2D eigenvalue weighted by Crippen LogP contribution is 2.25. The average Bonchev–Trinajstić information content (AvgIpc) is 3.01. The molecule has 0 aliphatic rings. The molecule has 5 nitrogen and oxygen atoms in total. The maximum atomic E-state index is 14.0. The van der Waals surface area contributed by atoms with Crippen molar-refractivity contribution in [2.75, 3.05) is 5.75 Å². The summed E-state index contributed by atoms with van der Waals surface area (Å²) < 4.78 is 15.6. The SMILES string of the molecule is C[C@@H](NC(=O)CSc1nnc(-c2ccccc2F)n1C)c1ccccc1Cl. The van der Waals surface area contributed by atoms with Gasteiger partial charge in [0, 0.05) is 12.1 Å². The Kier molecular flexibility index (Phi) is 6.13. The van der Waals surface area contributed by atoms with Crippen LogP contribution in [0.5, 0.6) is 0 Å². The molecule has 3 aromatic rings. The summed E-state index contributed by atoms with van der Waals surface area (Å²) in [4.78, 5) is 12.3. The largest absolute Gasteiger partial charge is 0.349 e. The van der Waals surface area contributed by atoms with Gasteiger partial charge in [0.1, 0.15) is 5.82 Å². The molecule has 140 valence electrons. The summed E-state index contributed by atoms with van der Waals surface area (Å²) in [5.41, 5.74) is 1.23. The van der Waals surface area contributed by atoms with Crippen molar-refractivity contribution in [2.24, 2.45) is 7.05 Å². The Bertz CT molecular complexity index is 962. The van der Waals surface area contributed by atoms with Crippen LogP contribution in [0.3, 0.4) is 0 Å². The average molecular weight is 405 g/mol. The monoisotopic (exact) mass is 404 g/mol. The van der Waals surface area contributed by atoms with Crippen molar-refractivity contribution in [3.8, 4) is 11.4 Å². The van der Waals surface area contributed by atoms with Crippen LogP contribution in [0.2, 0.25) is 5.02 Å². The van der Waals surface area contributed by atoms with Crippen LogP contribution in [0.15, 0.2) is 53.7 Å². The fourth-order valence-corrected chi connectivity index (χ4v) is 3.66. The van der Waals surface area contributed by atoms with Crippen molar-refractivity contribution in [3.63, 3.8) is 0 Å². The number of amides is 1. The maximum Gasteiger partial charge on any atom is 0.230 e. The molecule has 1 N–H and O–H groups in total. The van der Waals surface area contributed by atoms with Gasteiger partial charge in [-0.05, 0) is 30.7 Å². The highest BCUT2D eigenvalue weighted by atomic mass is 35.5. The van der Waals surface area contributed by atoms with E-state index < -0.39 is 0 Å². The Morgan fingerprint density at radius 3 is 2.67 bits per heavy atom. The first-order valence-corrected chi connectivity index (χ1v) is 9.64. The van der Waals surface area contributed by atoms with Crippen molar-refractivity contribution >= 4 is 29.3 Å². The van der Waals surface area contributed by atoms with Crippen molar-refractivity contribution in [1.82, 2.24) is 20.1 Å². The molecule has 0 bridgehead atoms. The van der Waals surface area contributed by atoms with E-state index in [9.17, 15) is 9.18 Å². The second kappa shape index (κ2) is 8.54.